The fraction of sp³-hybridized carbons (Fsp3) is 0.619. The predicted molar refractivity (Wildman–Crippen MR) is 107 cm³/mol. The van der Waals surface area contributed by atoms with Crippen molar-refractivity contribution in [2.75, 3.05) is 26.2 Å². The van der Waals surface area contributed by atoms with E-state index in [1.54, 1.807) is 25.7 Å². The molecule has 0 saturated carbocycles. The van der Waals surface area contributed by atoms with Crippen molar-refractivity contribution in [3.05, 3.63) is 33.2 Å². The minimum absolute atomic E-state index is 0.0254. The number of pyridine rings is 1. The van der Waals surface area contributed by atoms with Crippen LogP contribution in [0.2, 0.25) is 0 Å². The Morgan fingerprint density at radius 1 is 1.03 bits per heavy atom. The van der Waals surface area contributed by atoms with E-state index in [9.17, 15) is 19.2 Å². The van der Waals surface area contributed by atoms with Gasteiger partial charge in [0.05, 0.1) is 0 Å². The molecule has 1 aromatic rings. The molecule has 0 aromatic carbocycles. The van der Waals surface area contributed by atoms with Crippen LogP contribution in [0.3, 0.4) is 0 Å². The van der Waals surface area contributed by atoms with Crippen molar-refractivity contribution in [2.45, 2.75) is 53.1 Å². The molecule has 8 nitrogen and oxygen atoms in total. The topological polar surface area (TPSA) is 99.8 Å². The smallest absolute Gasteiger partial charge is 0.410 e. The predicted octanol–water partition coefficient (Wildman–Crippen LogP) is 2.22. The highest BCUT2D eigenvalue weighted by atomic mass is 16.6. The third-order valence-electron chi connectivity index (χ3n) is 5.17. The maximum Gasteiger partial charge on any atom is 0.410 e. The second kappa shape index (κ2) is 7.31. The minimum Gasteiger partial charge on any atom is -0.444 e. The number of ether oxygens (including phenoxy) is 1. The van der Waals surface area contributed by atoms with Gasteiger partial charge in [0, 0.05) is 43.9 Å². The molecule has 0 unspecified atom stereocenters. The molecular formula is C21H29N3O5. The number of Topliss-reactive ketones (excluding diaryl/α,β-unsaturated/α-hetero) is 1. The first kappa shape index (κ1) is 21.1. The molecule has 0 atom stereocenters. The van der Waals surface area contributed by atoms with Crippen LogP contribution in [0, 0.1) is 5.41 Å². The molecule has 0 radical (unpaired) electrons. The molecule has 1 aromatic heterocycles. The summed E-state index contributed by atoms with van der Waals surface area (Å²) in [4.78, 5) is 55.9. The zero-order chi connectivity index (χ0) is 21.6. The van der Waals surface area contributed by atoms with Gasteiger partial charge in [0.15, 0.2) is 5.78 Å². The van der Waals surface area contributed by atoms with Crippen LogP contribution in [0.5, 0.6) is 0 Å². The molecule has 2 aliphatic rings. The Labute approximate surface area is 170 Å². The first-order valence-electron chi connectivity index (χ1n) is 9.93. The molecule has 3 rings (SSSR count). The lowest BCUT2D eigenvalue weighted by molar-refractivity contribution is 0.0140. The maximum absolute atomic E-state index is 12.9. The second-order valence-electron chi connectivity index (χ2n) is 9.60. The van der Waals surface area contributed by atoms with Gasteiger partial charge < -0.3 is 19.5 Å². The summed E-state index contributed by atoms with van der Waals surface area (Å²) in [6, 6.07) is 1.44. The highest BCUT2D eigenvalue weighted by Crippen LogP contribution is 2.33. The average Bonchev–Trinajstić information content (AvgIpc) is 2.58. The normalized spacial score (nSPS) is 19.0. The first-order valence-corrected chi connectivity index (χ1v) is 9.93. The van der Waals surface area contributed by atoms with Gasteiger partial charge >= 0.3 is 6.09 Å². The number of hydrogen-bond acceptors (Lipinski definition) is 5. The fourth-order valence-corrected chi connectivity index (χ4v) is 3.78. The zero-order valence-corrected chi connectivity index (χ0v) is 17.8. The van der Waals surface area contributed by atoms with E-state index >= 15 is 0 Å². The summed E-state index contributed by atoms with van der Waals surface area (Å²) >= 11 is 0. The van der Waals surface area contributed by atoms with E-state index in [1.165, 1.54) is 11.0 Å². The lowest BCUT2D eigenvalue weighted by Gasteiger charge is -2.35. The Morgan fingerprint density at radius 2 is 1.62 bits per heavy atom. The number of nitrogens with zero attached hydrogens (tertiary/aromatic N) is 2. The number of nitrogens with one attached hydrogen (secondary N) is 1. The summed E-state index contributed by atoms with van der Waals surface area (Å²) in [5, 5.41) is 0. The van der Waals surface area contributed by atoms with Crippen LogP contribution in [0.25, 0.3) is 0 Å². The Bertz CT molecular complexity index is 902. The van der Waals surface area contributed by atoms with E-state index in [0.29, 0.717) is 50.3 Å². The molecule has 2 heterocycles. The lowest BCUT2D eigenvalue weighted by atomic mass is 9.75. The number of fused-ring (bicyclic) bond motifs is 1. The van der Waals surface area contributed by atoms with Crippen molar-refractivity contribution in [3.63, 3.8) is 0 Å². The number of ketones is 1. The van der Waals surface area contributed by atoms with Crippen LogP contribution in [0.4, 0.5) is 4.79 Å². The highest BCUT2D eigenvalue weighted by Gasteiger charge is 2.34. The van der Waals surface area contributed by atoms with Crippen LogP contribution in [0.1, 0.15) is 67.4 Å². The van der Waals surface area contributed by atoms with Gasteiger partial charge in [-0.15, -0.1) is 0 Å². The van der Waals surface area contributed by atoms with E-state index in [2.05, 4.69) is 4.98 Å². The van der Waals surface area contributed by atoms with Gasteiger partial charge in [-0.05, 0) is 38.7 Å². The SMILES string of the molecule is CC1(C)CC(=O)c2cc(C(=O)N3CCN(C(=O)OC(C)(C)C)CC3)c(=O)[nH]c2C1. The Kier molecular flexibility index (Phi) is 5.32. The van der Waals surface area contributed by atoms with Gasteiger partial charge in [-0.1, -0.05) is 13.8 Å². The average molecular weight is 403 g/mol. The third-order valence-corrected chi connectivity index (χ3v) is 5.17. The Hall–Kier alpha value is -2.64. The summed E-state index contributed by atoms with van der Waals surface area (Å²) in [6.07, 6.45) is 0.560. The molecule has 158 valence electrons. The van der Waals surface area contributed by atoms with E-state index in [0.717, 1.165) is 0 Å². The molecule has 1 N–H and O–H groups in total. The first-order chi connectivity index (χ1) is 13.4. The molecule has 8 heteroatoms. The molecule has 1 fully saturated rings. The number of amides is 2. The van der Waals surface area contributed by atoms with Gasteiger partial charge in [-0.25, -0.2) is 4.79 Å². The summed E-state index contributed by atoms with van der Waals surface area (Å²) in [6.45, 7) is 10.6. The number of aromatic amines is 1. The van der Waals surface area contributed by atoms with E-state index < -0.39 is 23.2 Å². The van der Waals surface area contributed by atoms with Crippen molar-refractivity contribution in [2.24, 2.45) is 5.41 Å². The van der Waals surface area contributed by atoms with E-state index in [4.69, 9.17) is 4.74 Å². The van der Waals surface area contributed by atoms with Gasteiger partial charge in [-0.2, -0.15) is 0 Å². The lowest BCUT2D eigenvalue weighted by Crippen LogP contribution is -2.52. The van der Waals surface area contributed by atoms with Gasteiger partial charge in [-0.3, -0.25) is 14.4 Å². The van der Waals surface area contributed by atoms with Crippen LogP contribution in [0.15, 0.2) is 10.9 Å². The number of hydrogen-bond donors (Lipinski definition) is 1. The van der Waals surface area contributed by atoms with Crippen molar-refractivity contribution in [1.29, 1.82) is 0 Å². The number of rotatable bonds is 1. The molecule has 1 aliphatic heterocycles. The van der Waals surface area contributed by atoms with Crippen molar-refractivity contribution in [3.8, 4) is 0 Å². The van der Waals surface area contributed by atoms with E-state index in [-0.39, 0.29) is 16.8 Å². The molecule has 0 spiro atoms. The largest absolute Gasteiger partial charge is 0.444 e. The van der Waals surface area contributed by atoms with Crippen LogP contribution in [-0.2, 0) is 11.2 Å². The number of carbonyl (C=O) groups is 3. The third kappa shape index (κ3) is 4.68. The Morgan fingerprint density at radius 3 is 2.21 bits per heavy atom. The standard InChI is InChI=1S/C21H29N3O5/c1-20(2,3)29-19(28)24-8-6-23(7-9-24)18(27)14-10-13-15(22-17(14)26)11-21(4,5)12-16(13)25/h10H,6-9,11-12H2,1-5H3,(H,22,26). The molecule has 0 bridgehead atoms. The number of H-pyrrole nitrogens is 1. The zero-order valence-electron chi connectivity index (χ0n) is 17.8. The minimum atomic E-state index is -0.582. The second-order valence-corrected chi connectivity index (χ2v) is 9.60. The van der Waals surface area contributed by atoms with Crippen molar-refractivity contribution < 1.29 is 19.1 Å². The van der Waals surface area contributed by atoms with Crippen molar-refractivity contribution in [1.82, 2.24) is 14.8 Å². The summed E-state index contributed by atoms with van der Waals surface area (Å²) < 4.78 is 5.36. The van der Waals surface area contributed by atoms with Crippen LogP contribution >= 0.6 is 0 Å². The number of piperazine rings is 1. The Balaban J connectivity index is 1.73. The maximum atomic E-state index is 12.9. The highest BCUT2D eigenvalue weighted by molar-refractivity contribution is 6.02. The molecule has 1 saturated heterocycles. The molecule has 29 heavy (non-hydrogen) atoms. The monoisotopic (exact) mass is 403 g/mol. The van der Waals surface area contributed by atoms with Crippen molar-refractivity contribution >= 4 is 17.8 Å². The van der Waals surface area contributed by atoms with Gasteiger partial charge in [0.1, 0.15) is 11.2 Å². The van der Waals surface area contributed by atoms with Crippen LogP contribution in [-0.4, -0.2) is 64.3 Å². The number of aromatic nitrogens is 1. The molecule has 1 aliphatic carbocycles. The summed E-state index contributed by atoms with van der Waals surface area (Å²) in [7, 11) is 0. The quantitative estimate of drug-likeness (QED) is 0.775. The van der Waals surface area contributed by atoms with Gasteiger partial charge in [0.2, 0.25) is 0 Å². The summed E-state index contributed by atoms with van der Waals surface area (Å²) in [5.41, 5.74) is -0.267. The molecule has 2 amide bonds. The van der Waals surface area contributed by atoms with Gasteiger partial charge in [0.25, 0.3) is 11.5 Å². The van der Waals surface area contributed by atoms with Crippen LogP contribution < -0.4 is 5.56 Å². The summed E-state index contributed by atoms with van der Waals surface area (Å²) in [5.74, 6) is -0.480. The fourth-order valence-electron chi connectivity index (χ4n) is 3.78. The molecular weight excluding hydrogens is 374 g/mol. The number of carbonyl (C=O) groups excluding carboxylic acids is 3. The van der Waals surface area contributed by atoms with E-state index in [1.807, 2.05) is 13.8 Å².